The smallest absolute Gasteiger partial charge is 0.123 e. The predicted octanol–water partition coefficient (Wildman–Crippen LogP) is 2.45. The number of aryl methyl sites for hydroxylation is 1. The topological polar surface area (TPSA) is 47.3 Å². The van der Waals surface area contributed by atoms with Crippen molar-refractivity contribution in [2.75, 3.05) is 6.61 Å². The second-order valence-electron chi connectivity index (χ2n) is 4.90. The van der Waals surface area contributed by atoms with Crippen molar-refractivity contribution in [3.05, 3.63) is 35.1 Å². The van der Waals surface area contributed by atoms with Crippen LogP contribution in [0.4, 0.5) is 4.39 Å². The van der Waals surface area contributed by atoms with Crippen LogP contribution in [0, 0.1) is 18.7 Å². The summed E-state index contributed by atoms with van der Waals surface area (Å²) in [6, 6.07) is 4.74. The lowest BCUT2D eigenvalue weighted by Gasteiger charge is -2.28. The first-order chi connectivity index (χ1) is 8.67. The van der Waals surface area contributed by atoms with Gasteiger partial charge in [-0.3, -0.25) is 11.3 Å². The molecule has 0 amide bonds. The molecular formula is C14H21FN2O. The molecule has 2 atom stereocenters. The third kappa shape index (κ3) is 2.88. The van der Waals surface area contributed by atoms with Crippen molar-refractivity contribution in [3.63, 3.8) is 0 Å². The number of halogens is 1. The molecular weight excluding hydrogens is 231 g/mol. The molecule has 4 heteroatoms. The van der Waals surface area contributed by atoms with Crippen molar-refractivity contribution in [1.29, 1.82) is 0 Å². The highest BCUT2D eigenvalue weighted by Gasteiger charge is 2.38. The number of ether oxygens (including phenoxy) is 1. The molecule has 1 saturated carbocycles. The third-order valence-corrected chi connectivity index (χ3v) is 3.52. The normalized spacial score (nSPS) is 18.7. The lowest BCUT2D eigenvalue weighted by Crippen LogP contribution is -2.39. The first kappa shape index (κ1) is 13.5. The lowest BCUT2D eigenvalue weighted by molar-refractivity contribution is 0.0184. The molecule has 2 unspecified atom stereocenters. The fraction of sp³-hybridized carbons (Fsp3) is 0.571. The summed E-state index contributed by atoms with van der Waals surface area (Å²) >= 11 is 0. The minimum Gasteiger partial charge on any atom is -0.376 e. The van der Waals surface area contributed by atoms with Gasteiger partial charge in [-0.2, -0.15) is 0 Å². The largest absolute Gasteiger partial charge is 0.376 e. The van der Waals surface area contributed by atoms with Crippen molar-refractivity contribution in [1.82, 2.24) is 5.43 Å². The number of nitrogens with two attached hydrogens (primary N) is 1. The number of benzene rings is 1. The average molecular weight is 252 g/mol. The first-order valence-electron chi connectivity index (χ1n) is 6.51. The Balaban J connectivity index is 2.25. The Morgan fingerprint density at radius 3 is 2.72 bits per heavy atom. The van der Waals surface area contributed by atoms with Crippen LogP contribution in [-0.2, 0) is 4.74 Å². The van der Waals surface area contributed by atoms with Gasteiger partial charge in [0, 0.05) is 6.61 Å². The number of rotatable bonds is 6. The van der Waals surface area contributed by atoms with Gasteiger partial charge in [-0.25, -0.2) is 4.39 Å². The minimum absolute atomic E-state index is 0.0713. The van der Waals surface area contributed by atoms with E-state index < -0.39 is 0 Å². The molecule has 0 saturated heterocycles. The van der Waals surface area contributed by atoms with Crippen LogP contribution >= 0.6 is 0 Å². The van der Waals surface area contributed by atoms with E-state index in [9.17, 15) is 4.39 Å². The fourth-order valence-electron chi connectivity index (χ4n) is 2.47. The zero-order valence-electron chi connectivity index (χ0n) is 10.9. The van der Waals surface area contributed by atoms with E-state index in [0.29, 0.717) is 12.5 Å². The van der Waals surface area contributed by atoms with Crippen LogP contribution in [-0.4, -0.2) is 12.7 Å². The molecule has 18 heavy (non-hydrogen) atoms. The van der Waals surface area contributed by atoms with E-state index in [2.05, 4.69) is 5.43 Å². The van der Waals surface area contributed by atoms with Gasteiger partial charge in [-0.05, 0) is 55.9 Å². The van der Waals surface area contributed by atoms with E-state index in [0.717, 1.165) is 11.1 Å². The Morgan fingerprint density at radius 2 is 2.22 bits per heavy atom. The number of hydrazine groups is 1. The van der Waals surface area contributed by atoms with E-state index in [1.807, 2.05) is 13.8 Å². The average Bonchev–Trinajstić information content (AvgIpc) is 3.15. The summed E-state index contributed by atoms with van der Waals surface area (Å²) < 4.78 is 19.0. The maximum atomic E-state index is 13.2. The third-order valence-electron chi connectivity index (χ3n) is 3.52. The second kappa shape index (κ2) is 5.78. The van der Waals surface area contributed by atoms with Gasteiger partial charge in [0.15, 0.2) is 0 Å². The van der Waals surface area contributed by atoms with Crippen LogP contribution in [0.2, 0.25) is 0 Å². The van der Waals surface area contributed by atoms with Gasteiger partial charge < -0.3 is 4.74 Å². The Hall–Kier alpha value is -0.970. The molecule has 0 aromatic heterocycles. The quantitative estimate of drug-likeness (QED) is 0.604. The summed E-state index contributed by atoms with van der Waals surface area (Å²) in [4.78, 5) is 0. The van der Waals surface area contributed by atoms with E-state index >= 15 is 0 Å². The Kier molecular flexibility index (Phi) is 4.32. The van der Waals surface area contributed by atoms with Crippen LogP contribution in [0.1, 0.15) is 36.9 Å². The van der Waals surface area contributed by atoms with E-state index in [-0.39, 0.29) is 18.0 Å². The maximum absolute atomic E-state index is 13.2. The molecule has 1 aliphatic carbocycles. The highest BCUT2D eigenvalue weighted by Crippen LogP contribution is 2.40. The van der Waals surface area contributed by atoms with E-state index in [1.165, 1.54) is 25.0 Å². The van der Waals surface area contributed by atoms with Crippen LogP contribution in [0.5, 0.6) is 0 Å². The SMILES string of the molecule is CCOC(C1CC1)C(NN)c1ccc(F)cc1C. The summed E-state index contributed by atoms with van der Waals surface area (Å²) in [5, 5.41) is 0. The molecule has 1 aromatic carbocycles. The first-order valence-corrected chi connectivity index (χ1v) is 6.51. The monoisotopic (exact) mass is 252 g/mol. The zero-order valence-corrected chi connectivity index (χ0v) is 10.9. The van der Waals surface area contributed by atoms with E-state index in [4.69, 9.17) is 10.6 Å². The Bertz CT molecular complexity index is 407. The molecule has 3 N–H and O–H groups in total. The predicted molar refractivity (Wildman–Crippen MR) is 69.3 cm³/mol. The van der Waals surface area contributed by atoms with Gasteiger partial charge >= 0.3 is 0 Å². The molecule has 1 aliphatic rings. The highest BCUT2D eigenvalue weighted by molar-refractivity contribution is 5.30. The van der Waals surface area contributed by atoms with Crippen LogP contribution in [0.3, 0.4) is 0 Å². The number of hydrogen-bond acceptors (Lipinski definition) is 3. The van der Waals surface area contributed by atoms with Crippen molar-refractivity contribution < 1.29 is 9.13 Å². The minimum atomic E-state index is -0.216. The molecule has 2 rings (SSSR count). The van der Waals surface area contributed by atoms with Gasteiger partial charge in [0.05, 0.1) is 12.1 Å². The number of nitrogens with one attached hydrogen (secondary N) is 1. The maximum Gasteiger partial charge on any atom is 0.123 e. The van der Waals surface area contributed by atoms with Gasteiger partial charge in [0.2, 0.25) is 0 Å². The van der Waals surface area contributed by atoms with Crippen molar-refractivity contribution >= 4 is 0 Å². The summed E-state index contributed by atoms with van der Waals surface area (Å²) in [6.45, 7) is 4.55. The molecule has 0 spiro atoms. The van der Waals surface area contributed by atoms with Gasteiger partial charge in [0.25, 0.3) is 0 Å². The summed E-state index contributed by atoms with van der Waals surface area (Å²) in [5.41, 5.74) is 4.76. The Labute approximate surface area is 107 Å². The van der Waals surface area contributed by atoms with Crippen LogP contribution in [0.25, 0.3) is 0 Å². The van der Waals surface area contributed by atoms with Crippen LogP contribution < -0.4 is 11.3 Å². The fourth-order valence-corrected chi connectivity index (χ4v) is 2.47. The lowest BCUT2D eigenvalue weighted by atomic mass is 9.94. The molecule has 3 nitrogen and oxygen atoms in total. The van der Waals surface area contributed by atoms with Crippen molar-refractivity contribution in [2.24, 2.45) is 11.8 Å². The molecule has 100 valence electrons. The van der Waals surface area contributed by atoms with Crippen LogP contribution in [0.15, 0.2) is 18.2 Å². The van der Waals surface area contributed by atoms with Gasteiger partial charge in [-0.15, -0.1) is 0 Å². The standard InChI is InChI=1S/C14H21FN2O/c1-3-18-14(10-4-5-10)13(17-16)12-7-6-11(15)8-9(12)2/h6-8,10,13-14,17H,3-5,16H2,1-2H3. The second-order valence-corrected chi connectivity index (χ2v) is 4.90. The summed E-state index contributed by atoms with van der Waals surface area (Å²) in [6.07, 6.45) is 2.44. The molecule has 0 radical (unpaired) electrons. The van der Waals surface area contributed by atoms with Gasteiger partial charge in [-0.1, -0.05) is 6.07 Å². The molecule has 1 aromatic rings. The molecule has 0 aliphatic heterocycles. The molecule has 0 bridgehead atoms. The summed E-state index contributed by atoms with van der Waals surface area (Å²) in [7, 11) is 0. The van der Waals surface area contributed by atoms with Crippen molar-refractivity contribution in [2.45, 2.75) is 38.8 Å². The Morgan fingerprint density at radius 1 is 1.50 bits per heavy atom. The van der Waals surface area contributed by atoms with E-state index in [1.54, 1.807) is 6.07 Å². The zero-order chi connectivity index (χ0) is 13.1. The highest BCUT2D eigenvalue weighted by atomic mass is 19.1. The van der Waals surface area contributed by atoms with Crippen molar-refractivity contribution in [3.8, 4) is 0 Å². The molecule has 0 heterocycles. The summed E-state index contributed by atoms with van der Waals surface area (Å²) in [5.74, 6) is 6.03. The number of hydrogen-bond donors (Lipinski definition) is 2. The van der Waals surface area contributed by atoms with Gasteiger partial charge in [0.1, 0.15) is 5.82 Å². The molecule has 1 fully saturated rings.